The third kappa shape index (κ3) is 4.25. The molecule has 4 aromatic carbocycles. The quantitative estimate of drug-likeness (QED) is 0.212. The lowest BCUT2D eigenvalue weighted by Crippen LogP contribution is -2.01. The van der Waals surface area contributed by atoms with E-state index in [1.54, 1.807) is 28.7 Å². The Kier molecular flexibility index (Phi) is 6.22. The molecule has 0 fully saturated rings. The highest BCUT2D eigenvalue weighted by molar-refractivity contribution is 7.24. The summed E-state index contributed by atoms with van der Waals surface area (Å²) in [6.45, 7) is 4.30. The van der Waals surface area contributed by atoms with Crippen LogP contribution in [0.5, 0.6) is 0 Å². The molecule has 0 spiro atoms. The first kappa shape index (κ1) is 22.7. The SMILES string of the molecule is CC(C)c1ccc2sc3ccccc3c(=O)c2c1.O=c1c2ccccc2sc2ccc(Cl)cc12. The molecule has 0 aliphatic carbocycles. The Morgan fingerprint density at radius 1 is 0.588 bits per heavy atom. The normalized spacial score (nSPS) is 11.3. The number of halogens is 1. The third-order valence-corrected chi connectivity index (χ3v) is 8.34. The molecule has 0 atom stereocenters. The van der Waals surface area contributed by atoms with Gasteiger partial charge in [0, 0.05) is 45.4 Å². The Hall–Kier alpha value is -3.05. The summed E-state index contributed by atoms with van der Waals surface area (Å²) in [6, 6.07) is 27.2. The predicted molar refractivity (Wildman–Crippen MR) is 150 cm³/mol. The van der Waals surface area contributed by atoms with Crippen LogP contribution in [0.2, 0.25) is 5.02 Å². The summed E-state index contributed by atoms with van der Waals surface area (Å²) >= 11 is 9.21. The topological polar surface area (TPSA) is 34.1 Å². The van der Waals surface area contributed by atoms with Crippen LogP contribution in [0.1, 0.15) is 25.3 Å². The van der Waals surface area contributed by atoms with Gasteiger partial charge in [-0.25, -0.2) is 0 Å². The molecule has 6 aromatic rings. The zero-order valence-electron chi connectivity index (χ0n) is 18.7. The van der Waals surface area contributed by atoms with Gasteiger partial charge in [0.15, 0.2) is 10.9 Å². The molecule has 168 valence electrons. The van der Waals surface area contributed by atoms with E-state index in [2.05, 4.69) is 26.0 Å². The van der Waals surface area contributed by atoms with Crippen molar-refractivity contribution in [3.63, 3.8) is 0 Å². The largest absolute Gasteiger partial charge is 0.289 e. The van der Waals surface area contributed by atoms with Gasteiger partial charge in [0.25, 0.3) is 0 Å². The first-order valence-corrected chi connectivity index (χ1v) is 13.0. The molecular weight excluding hydrogens is 480 g/mol. The summed E-state index contributed by atoms with van der Waals surface area (Å²) in [4.78, 5) is 24.7. The van der Waals surface area contributed by atoms with Crippen LogP contribution in [-0.2, 0) is 0 Å². The summed E-state index contributed by atoms with van der Waals surface area (Å²) in [5, 5.41) is 3.76. The second-order valence-electron chi connectivity index (χ2n) is 8.41. The van der Waals surface area contributed by atoms with Crippen molar-refractivity contribution in [2.45, 2.75) is 19.8 Å². The summed E-state index contributed by atoms with van der Waals surface area (Å²) in [7, 11) is 0. The van der Waals surface area contributed by atoms with Gasteiger partial charge in [-0.3, -0.25) is 9.59 Å². The van der Waals surface area contributed by atoms with E-state index in [0.29, 0.717) is 16.3 Å². The van der Waals surface area contributed by atoms with Crippen molar-refractivity contribution in [1.82, 2.24) is 0 Å². The maximum Gasteiger partial charge on any atom is 0.195 e. The Morgan fingerprint density at radius 3 is 1.62 bits per heavy atom. The van der Waals surface area contributed by atoms with Crippen molar-refractivity contribution in [3.8, 4) is 0 Å². The minimum absolute atomic E-state index is 0.0619. The molecule has 0 aliphatic heterocycles. The van der Waals surface area contributed by atoms with Crippen LogP contribution in [0.4, 0.5) is 0 Å². The van der Waals surface area contributed by atoms with Gasteiger partial charge >= 0.3 is 0 Å². The highest BCUT2D eigenvalue weighted by Crippen LogP contribution is 2.28. The molecule has 0 unspecified atom stereocenters. The van der Waals surface area contributed by atoms with Crippen LogP contribution >= 0.6 is 34.3 Å². The molecule has 0 radical (unpaired) electrons. The summed E-state index contributed by atoms with van der Waals surface area (Å²) in [5.41, 5.74) is 1.44. The number of rotatable bonds is 1. The van der Waals surface area contributed by atoms with E-state index in [1.165, 1.54) is 5.56 Å². The number of hydrogen-bond acceptors (Lipinski definition) is 4. The Bertz CT molecular complexity index is 1800. The van der Waals surface area contributed by atoms with Gasteiger partial charge in [-0.1, -0.05) is 55.8 Å². The van der Waals surface area contributed by atoms with E-state index >= 15 is 0 Å². The standard InChI is InChI=1S/C16H14OS.C13H7ClOS/c1-10(2)11-7-8-15-13(9-11)16(17)12-5-3-4-6-14(12)18-15;14-8-5-6-12-10(7-8)13(15)9-3-1-2-4-11(9)16-12/h3-10H,1-2H3;1-7H. The van der Waals surface area contributed by atoms with Crippen LogP contribution < -0.4 is 10.9 Å². The molecule has 2 heterocycles. The van der Waals surface area contributed by atoms with Crippen molar-refractivity contribution < 1.29 is 0 Å². The first-order chi connectivity index (χ1) is 16.4. The van der Waals surface area contributed by atoms with E-state index in [-0.39, 0.29) is 10.9 Å². The highest BCUT2D eigenvalue weighted by atomic mass is 35.5. The lowest BCUT2D eigenvalue weighted by atomic mass is 10.0. The fourth-order valence-corrected chi connectivity index (χ4v) is 6.23. The smallest absolute Gasteiger partial charge is 0.195 e. The molecule has 2 nitrogen and oxygen atoms in total. The van der Waals surface area contributed by atoms with Gasteiger partial charge in [-0.2, -0.15) is 0 Å². The first-order valence-electron chi connectivity index (χ1n) is 11.0. The molecule has 2 aromatic heterocycles. The maximum absolute atomic E-state index is 12.5. The van der Waals surface area contributed by atoms with Crippen LogP contribution in [0, 0.1) is 0 Å². The van der Waals surface area contributed by atoms with Gasteiger partial charge < -0.3 is 0 Å². The number of benzene rings is 4. The number of fused-ring (bicyclic) bond motifs is 4. The van der Waals surface area contributed by atoms with Gasteiger partial charge in [0.1, 0.15) is 0 Å². The predicted octanol–water partition coefficient (Wildman–Crippen LogP) is 8.61. The zero-order chi connectivity index (χ0) is 23.8. The van der Waals surface area contributed by atoms with Crippen LogP contribution in [0.3, 0.4) is 0 Å². The average molecular weight is 501 g/mol. The van der Waals surface area contributed by atoms with Crippen molar-refractivity contribution in [2.24, 2.45) is 0 Å². The second-order valence-corrected chi connectivity index (χ2v) is 11.0. The molecule has 0 saturated carbocycles. The molecule has 0 N–H and O–H groups in total. The van der Waals surface area contributed by atoms with Crippen LogP contribution in [-0.4, -0.2) is 0 Å². The molecule has 0 bridgehead atoms. The second kappa shape index (κ2) is 9.30. The van der Waals surface area contributed by atoms with Gasteiger partial charge in [0.2, 0.25) is 0 Å². The van der Waals surface area contributed by atoms with Crippen molar-refractivity contribution in [1.29, 1.82) is 0 Å². The van der Waals surface area contributed by atoms with E-state index in [9.17, 15) is 9.59 Å². The lowest BCUT2D eigenvalue weighted by Gasteiger charge is -2.07. The van der Waals surface area contributed by atoms with Gasteiger partial charge in [-0.05, 0) is 66.1 Å². The molecule has 5 heteroatoms. The highest BCUT2D eigenvalue weighted by Gasteiger charge is 2.08. The van der Waals surface area contributed by atoms with E-state index in [1.807, 2.05) is 66.7 Å². The van der Waals surface area contributed by atoms with E-state index in [0.717, 1.165) is 35.0 Å². The number of hydrogen-bond donors (Lipinski definition) is 0. The van der Waals surface area contributed by atoms with E-state index in [4.69, 9.17) is 11.6 Å². The lowest BCUT2D eigenvalue weighted by molar-refractivity contribution is 0.869. The molecule has 6 rings (SSSR count). The minimum atomic E-state index is 0.0619. The minimum Gasteiger partial charge on any atom is -0.289 e. The molecule has 0 amide bonds. The maximum atomic E-state index is 12.5. The fourth-order valence-electron chi connectivity index (χ4n) is 3.96. The molecule has 0 aliphatic rings. The Labute approximate surface area is 209 Å². The summed E-state index contributed by atoms with van der Waals surface area (Å²) < 4.78 is 4.13. The fraction of sp³-hybridized carbons (Fsp3) is 0.103. The van der Waals surface area contributed by atoms with Gasteiger partial charge in [-0.15, -0.1) is 22.7 Å². The van der Waals surface area contributed by atoms with Crippen molar-refractivity contribution in [3.05, 3.63) is 116 Å². The molecular formula is C29H21ClO2S2. The molecule has 0 saturated heterocycles. The third-order valence-electron chi connectivity index (χ3n) is 5.80. The Balaban J connectivity index is 0.000000142. The Morgan fingerprint density at radius 2 is 1.06 bits per heavy atom. The van der Waals surface area contributed by atoms with E-state index < -0.39 is 0 Å². The summed E-state index contributed by atoms with van der Waals surface area (Å²) in [6.07, 6.45) is 0. The van der Waals surface area contributed by atoms with Crippen molar-refractivity contribution in [2.75, 3.05) is 0 Å². The van der Waals surface area contributed by atoms with Crippen molar-refractivity contribution >= 4 is 74.6 Å². The monoisotopic (exact) mass is 500 g/mol. The van der Waals surface area contributed by atoms with Crippen LogP contribution in [0.25, 0.3) is 40.3 Å². The average Bonchev–Trinajstić information content (AvgIpc) is 2.85. The molecule has 34 heavy (non-hydrogen) atoms. The summed E-state index contributed by atoms with van der Waals surface area (Å²) in [5.74, 6) is 0.449. The van der Waals surface area contributed by atoms with Crippen LogP contribution in [0.15, 0.2) is 94.5 Å². The zero-order valence-corrected chi connectivity index (χ0v) is 21.1. The van der Waals surface area contributed by atoms with Gasteiger partial charge in [0.05, 0.1) is 0 Å².